The number of hydrogen-bond donors (Lipinski definition) is 0. The van der Waals surface area contributed by atoms with E-state index in [1.54, 1.807) is 6.42 Å². The molecule has 6 atom stereocenters. The second kappa shape index (κ2) is 20.0. The Hall–Kier alpha value is 1.82. The standard InChI is InChI=1S/C13H20Br2.C13H8Br2.C10H20.2CH3.2ClH.Zr/c2*14-10-1-3-12-8(6-10)5-9-7-11(15)2-4-13(9)12;1-6-7(2)9(4)10(5)8(6)3;;;;;/h8-13H,1-7H2;1-4,6-7H,5H2;6-10H,1-5H3;2*1H3;2*1H;/q;;;2*-1;;;+4/p-2. The summed E-state index contributed by atoms with van der Waals surface area (Å²) < 4.78 is 2.32. The molecule has 4 fully saturated rings. The van der Waals surface area contributed by atoms with Gasteiger partial charge in [-0.25, -0.2) is 0 Å². The number of hydrogen-bond acceptors (Lipinski definition) is 0. The van der Waals surface area contributed by atoms with E-state index in [2.05, 4.69) is 135 Å². The van der Waals surface area contributed by atoms with Crippen molar-refractivity contribution in [1.29, 1.82) is 0 Å². The Kier molecular flexibility index (Phi) is 19.1. The molecule has 0 radical (unpaired) electrons. The minimum atomic E-state index is -0.826. The Morgan fingerprint density at radius 1 is 0.578 bits per heavy atom. The van der Waals surface area contributed by atoms with Crippen LogP contribution in [0, 0.1) is 68.1 Å². The van der Waals surface area contributed by atoms with E-state index in [4.69, 9.17) is 17.0 Å². The molecule has 6 unspecified atom stereocenters. The zero-order chi connectivity index (χ0) is 31.4. The predicted molar refractivity (Wildman–Crippen MR) is 212 cm³/mol. The summed E-state index contributed by atoms with van der Waals surface area (Å²) in [6.45, 7) is 12.0. The molecule has 0 saturated heterocycles. The number of halogens is 6. The summed E-state index contributed by atoms with van der Waals surface area (Å²) in [5, 5.41) is 0. The molecule has 4 saturated carbocycles. The molecule has 2 aromatic rings. The van der Waals surface area contributed by atoms with Crippen LogP contribution >= 0.6 is 80.7 Å². The van der Waals surface area contributed by atoms with Crippen molar-refractivity contribution in [3.63, 3.8) is 0 Å². The molecule has 0 aliphatic heterocycles. The van der Waals surface area contributed by atoms with Crippen molar-refractivity contribution in [2.24, 2.45) is 53.3 Å². The first-order chi connectivity index (χ1) is 20.4. The molecule has 0 amide bonds. The van der Waals surface area contributed by atoms with E-state index in [0.29, 0.717) is 0 Å². The van der Waals surface area contributed by atoms with Gasteiger partial charge in [0.2, 0.25) is 0 Å². The van der Waals surface area contributed by atoms with Crippen LogP contribution in [0.15, 0.2) is 45.3 Å². The average Bonchev–Trinajstić information content (AvgIpc) is 3.56. The Morgan fingerprint density at radius 3 is 1.24 bits per heavy atom. The number of fused-ring (bicyclic) bond motifs is 6. The van der Waals surface area contributed by atoms with Crippen molar-refractivity contribution in [1.82, 2.24) is 0 Å². The molecule has 0 spiro atoms. The zero-order valence-corrected chi connectivity index (χ0v) is 38.6. The quantitative estimate of drug-likeness (QED) is 0.156. The summed E-state index contributed by atoms with van der Waals surface area (Å²) in [6, 6.07) is 13.0. The van der Waals surface area contributed by atoms with Gasteiger partial charge in [-0.1, -0.05) is 110 Å². The van der Waals surface area contributed by atoms with Crippen LogP contribution in [-0.2, 0) is 27.3 Å². The Bertz CT molecular complexity index is 1080. The van der Waals surface area contributed by atoms with Gasteiger partial charge in [0.25, 0.3) is 0 Å². The summed E-state index contributed by atoms with van der Waals surface area (Å²) in [5.74, 6) is 9.01. The minimum absolute atomic E-state index is 0. The van der Waals surface area contributed by atoms with Gasteiger partial charge in [0, 0.05) is 18.6 Å². The number of benzene rings is 2. The Morgan fingerprint density at radius 2 is 0.911 bits per heavy atom. The first-order valence-electron chi connectivity index (χ1n) is 16.3. The fraction of sp³-hybridized carbons (Fsp3) is 0.632. The monoisotopic (exact) mass is 986 g/mol. The molecule has 5 aliphatic carbocycles. The van der Waals surface area contributed by atoms with Crippen LogP contribution in [0.25, 0.3) is 11.1 Å². The van der Waals surface area contributed by atoms with Crippen LogP contribution in [0.5, 0.6) is 0 Å². The molecule has 0 heterocycles. The summed E-state index contributed by atoms with van der Waals surface area (Å²) in [7, 11) is 9.87. The third-order valence-electron chi connectivity index (χ3n) is 12.1. The van der Waals surface area contributed by atoms with Crippen LogP contribution in [0.2, 0.25) is 0 Å². The van der Waals surface area contributed by atoms with E-state index < -0.39 is 20.8 Å². The van der Waals surface area contributed by atoms with E-state index in [0.717, 1.165) is 78.3 Å². The second-order valence-electron chi connectivity index (χ2n) is 14.1. The normalized spacial score (nSPS) is 35.0. The molecular formula is C38H54Br4Cl2Zr. The molecule has 7 rings (SSSR count). The molecule has 252 valence electrons. The van der Waals surface area contributed by atoms with Crippen LogP contribution in [0.1, 0.15) is 90.7 Å². The van der Waals surface area contributed by atoms with Gasteiger partial charge in [-0.05, 0) is 151 Å². The molecule has 0 bridgehead atoms. The fourth-order valence-electron chi connectivity index (χ4n) is 9.06. The van der Waals surface area contributed by atoms with Crippen LogP contribution < -0.4 is 0 Å². The van der Waals surface area contributed by atoms with Gasteiger partial charge < -0.3 is 14.9 Å². The molecule has 45 heavy (non-hydrogen) atoms. The van der Waals surface area contributed by atoms with Crippen molar-refractivity contribution >= 4 is 80.7 Å². The third kappa shape index (κ3) is 10.9. The third-order valence-corrected chi connectivity index (χ3v) is 14.7. The molecule has 0 nitrogen and oxygen atoms in total. The van der Waals surface area contributed by atoms with Gasteiger partial charge in [-0.15, -0.1) is 0 Å². The SMILES string of the molecule is BrC1CCC2C(C1)CC1CC(Br)CCC12.Brc1ccc2c(c1)Cc1cc(Br)ccc1-2.CC1C(C)C(C)C(C)C1C.[CH3-].[CH3-].[Cl][Zr+2][Cl]. The molecule has 2 aromatic carbocycles. The van der Waals surface area contributed by atoms with Crippen LogP contribution in [0.3, 0.4) is 0 Å². The van der Waals surface area contributed by atoms with Gasteiger partial charge in [0.05, 0.1) is 0 Å². The maximum absolute atomic E-state index is 4.93. The molecular weight excluding hydrogens is 938 g/mol. The number of rotatable bonds is 0. The molecule has 7 heteroatoms. The van der Waals surface area contributed by atoms with Crippen LogP contribution in [0.4, 0.5) is 0 Å². The fourth-order valence-corrected chi connectivity index (χ4v) is 11.4. The van der Waals surface area contributed by atoms with Gasteiger partial charge >= 0.3 is 37.9 Å². The molecule has 0 N–H and O–H groups in total. The summed E-state index contributed by atoms with van der Waals surface area (Å²) in [5.41, 5.74) is 5.58. The van der Waals surface area contributed by atoms with Gasteiger partial charge in [0.15, 0.2) is 0 Å². The number of alkyl halides is 2. The topological polar surface area (TPSA) is 0 Å². The van der Waals surface area contributed by atoms with E-state index in [1.165, 1.54) is 60.8 Å². The van der Waals surface area contributed by atoms with E-state index in [9.17, 15) is 0 Å². The molecule has 5 aliphatic rings. The van der Waals surface area contributed by atoms with Crippen molar-refractivity contribution in [3.05, 3.63) is 71.3 Å². The first-order valence-corrected chi connectivity index (χ1v) is 26.0. The summed E-state index contributed by atoms with van der Waals surface area (Å²) >= 11 is 13.9. The summed E-state index contributed by atoms with van der Waals surface area (Å²) in [4.78, 5) is 1.66. The van der Waals surface area contributed by atoms with Crippen molar-refractivity contribution in [2.45, 2.75) is 95.6 Å². The van der Waals surface area contributed by atoms with E-state index >= 15 is 0 Å². The van der Waals surface area contributed by atoms with E-state index in [1.807, 2.05) is 0 Å². The predicted octanol–water partition coefficient (Wildman–Crippen LogP) is 15.0. The maximum atomic E-state index is 4.93. The van der Waals surface area contributed by atoms with Crippen LogP contribution in [-0.4, -0.2) is 9.65 Å². The van der Waals surface area contributed by atoms with E-state index in [-0.39, 0.29) is 14.9 Å². The molecule has 0 aromatic heterocycles. The van der Waals surface area contributed by atoms with Crippen molar-refractivity contribution in [2.75, 3.05) is 0 Å². The summed E-state index contributed by atoms with van der Waals surface area (Å²) in [6.07, 6.45) is 11.4. The van der Waals surface area contributed by atoms with Crippen molar-refractivity contribution < 1.29 is 20.8 Å². The van der Waals surface area contributed by atoms with Gasteiger partial charge in [-0.3, -0.25) is 0 Å². The van der Waals surface area contributed by atoms with Gasteiger partial charge in [0.1, 0.15) is 0 Å². The zero-order valence-electron chi connectivity index (χ0n) is 28.2. The second-order valence-corrected chi connectivity index (χ2v) is 22.2. The van der Waals surface area contributed by atoms with Crippen molar-refractivity contribution in [3.8, 4) is 11.1 Å². The first kappa shape index (κ1) is 43.0. The Balaban J connectivity index is 0.000000225. The van der Waals surface area contributed by atoms with Gasteiger partial charge in [-0.2, -0.15) is 0 Å². The average molecular weight is 993 g/mol. The Labute approximate surface area is 329 Å².